The number of hydrogen-bond donors (Lipinski definition) is 2. The molecular formula is C18H27NO2. The molecule has 116 valence electrons. The number of ether oxygens (including phenoxy) is 1. The van der Waals surface area contributed by atoms with Crippen LogP contribution in [-0.2, 0) is 11.2 Å². The molecule has 0 radical (unpaired) electrons. The van der Waals surface area contributed by atoms with Crippen molar-refractivity contribution in [2.45, 2.75) is 56.6 Å². The fourth-order valence-corrected chi connectivity index (χ4v) is 4.04. The zero-order valence-electron chi connectivity index (χ0n) is 12.8. The molecule has 3 unspecified atom stereocenters. The molecule has 3 heteroatoms. The first kappa shape index (κ1) is 15.0. The second kappa shape index (κ2) is 6.47. The van der Waals surface area contributed by atoms with Crippen LogP contribution in [0.5, 0.6) is 0 Å². The molecule has 0 spiro atoms. The number of aryl methyl sites for hydroxylation is 1. The Morgan fingerprint density at radius 1 is 1.24 bits per heavy atom. The highest BCUT2D eigenvalue weighted by atomic mass is 16.5. The highest BCUT2D eigenvalue weighted by Crippen LogP contribution is 2.37. The van der Waals surface area contributed by atoms with Crippen LogP contribution in [0, 0.1) is 5.92 Å². The second-order valence-electron chi connectivity index (χ2n) is 6.72. The Morgan fingerprint density at radius 3 is 2.95 bits per heavy atom. The first-order valence-electron chi connectivity index (χ1n) is 8.32. The summed E-state index contributed by atoms with van der Waals surface area (Å²) in [4.78, 5) is 0. The van der Waals surface area contributed by atoms with E-state index in [2.05, 4.69) is 24.3 Å². The van der Waals surface area contributed by atoms with Gasteiger partial charge in [-0.25, -0.2) is 0 Å². The van der Waals surface area contributed by atoms with Crippen LogP contribution in [0.4, 0.5) is 0 Å². The number of aliphatic hydroxyl groups excluding tert-OH is 1. The van der Waals surface area contributed by atoms with Gasteiger partial charge in [-0.05, 0) is 55.6 Å². The lowest BCUT2D eigenvalue weighted by Crippen LogP contribution is -2.47. The molecule has 0 aliphatic heterocycles. The Bertz CT molecular complexity index is 476. The molecule has 2 aliphatic rings. The molecule has 0 amide bonds. The summed E-state index contributed by atoms with van der Waals surface area (Å²) in [5.41, 5.74) is 8.74. The maximum absolute atomic E-state index is 9.51. The summed E-state index contributed by atoms with van der Waals surface area (Å²) in [6.07, 6.45) is 7.93. The van der Waals surface area contributed by atoms with Crippen molar-refractivity contribution in [1.29, 1.82) is 0 Å². The molecule has 1 saturated carbocycles. The van der Waals surface area contributed by atoms with Crippen molar-refractivity contribution in [3.05, 3.63) is 35.4 Å². The van der Waals surface area contributed by atoms with Gasteiger partial charge in [0.1, 0.15) is 0 Å². The first-order chi connectivity index (χ1) is 10.2. The van der Waals surface area contributed by atoms with E-state index in [-0.39, 0.29) is 18.2 Å². The van der Waals surface area contributed by atoms with E-state index in [0.717, 1.165) is 38.7 Å². The van der Waals surface area contributed by atoms with E-state index in [1.54, 1.807) is 0 Å². The first-order valence-corrected chi connectivity index (χ1v) is 8.32. The van der Waals surface area contributed by atoms with E-state index < -0.39 is 0 Å². The number of aliphatic hydroxyl groups is 1. The lowest BCUT2D eigenvalue weighted by Gasteiger charge is -2.30. The average Bonchev–Trinajstić information content (AvgIpc) is 2.89. The number of rotatable bonds is 5. The summed E-state index contributed by atoms with van der Waals surface area (Å²) < 4.78 is 6.17. The minimum Gasteiger partial charge on any atom is -0.394 e. The Morgan fingerprint density at radius 2 is 2.10 bits per heavy atom. The molecule has 0 aromatic heterocycles. The normalized spacial score (nSPS) is 32.1. The third kappa shape index (κ3) is 3.15. The lowest BCUT2D eigenvalue weighted by atomic mass is 9.86. The van der Waals surface area contributed by atoms with Crippen LogP contribution in [0.25, 0.3) is 0 Å². The largest absolute Gasteiger partial charge is 0.394 e. The maximum atomic E-state index is 9.51. The van der Waals surface area contributed by atoms with Gasteiger partial charge >= 0.3 is 0 Å². The van der Waals surface area contributed by atoms with Gasteiger partial charge in [0.2, 0.25) is 0 Å². The van der Waals surface area contributed by atoms with Gasteiger partial charge in [0, 0.05) is 12.1 Å². The Kier molecular flexibility index (Phi) is 4.63. The molecule has 3 N–H and O–H groups in total. The number of nitrogens with two attached hydrogens (primary N) is 1. The predicted octanol–water partition coefficient (Wildman–Crippen LogP) is 2.96. The van der Waals surface area contributed by atoms with Gasteiger partial charge in [0.05, 0.1) is 12.7 Å². The zero-order valence-corrected chi connectivity index (χ0v) is 12.8. The van der Waals surface area contributed by atoms with Crippen molar-refractivity contribution in [2.24, 2.45) is 11.7 Å². The minimum absolute atomic E-state index is 0.101. The molecule has 0 saturated heterocycles. The standard InChI is InChI=1S/C18H27NO2/c19-18(13-20)11-4-7-15(18)10-12-21-17-9-3-6-14-5-1-2-8-16(14)17/h1-2,5,8,15,17,20H,3-4,6-7,9-13,19H2. The van der Waals surface area contributed by atoms with Crippen molar-refractivity contribution in [1.82, 2.24) is 0 Å². The molecule has 1 aromatic carbocycles. The Balaban J connectivity index is 1.55. The maximum Gasteiger partial charge on any atom is 0.0827 e. The molecule has 3 nitrogen and oxygen atoms in total. The molecule has 21 heavy (non-hydrogen) atoms. The number of benzene rings is 1. The highest BCUT2D eigenvalue weighted by molar-refractivity contribution is 5.31. The van der Waals surface area contributed by atoms with Crippen LogP contribution in [0.1, 0.15) is 55.8 Å². The topological polar surface area (TPSA) is 55.5 Å². The third-order valence-electron chi connectivity index (χ3n) is 5.40. The number of hydrogen-bond acceptors (Lipinski definition) is 3. The Labute approximate surface area is 127 Å². The van der Waals surface area contributed by atoms with E-state index in [1.807, 2.05) is 0 Å². The average molecular weight is 289 g/mol. The summed E-state index contributed by atoms with van der Waals surface area (Å²) in [6, 6.07) is 8.64. The zero-order chi connectivity index (χ0) is 14.7. The smallest absolute Gasteiger partial charge is 0.0827 e. The Hall–Kier alpha value is -0.900. The molecule has 2 aliphatic carbocycles. The number of fused-ring (bicyclic) bond motifs is 1. The molecule has 3 atom stereocenters. The van der Waals surface area contributed by atoms with Gasteiger partial charge in [-0.2, -0.15) is 0 Å². The van der Waals surface area contributed by atoms with Crippen LogP contribution in [0.2, 0.25) is 0 Å². The van der Waals surface area contributed by atoms with Crippen molar-refractivity contribution in [2.75, 3.05) is 13.2 Å². The molecule has 0 heterocycles. The van der Waals surface area contributed by atoms with E-state index in [9.17, 15) is 5.11 Å². The van der Waals surface area contributed by atoms with E-state index in [4.69, 9.17) is 10.5 Å². The summed E-state index contributed by atoms with van der Waals surface area (Å²) in [5, 5.41) is 9.51. The third-order valence-corrected chi connectivity index (χ3v) is 5.40. The van der Waals surface area contributed by atoms with Crippen LogP contribution >= 0.6 is 0 Å². The minimum atomic E-state index is -0.367. The van der Waals surface area contributed by atoms with Crippen LogP contribution in [0.3, 0.4) is 0 Å². The van der Waals surface area contributed by atoms with Gasteiger partial charge in [0.25, 0.3) is 0 Å². The molecule has 1 aromatic rings. The van der Waals surface area contributed by atoms with Crippen molar-refractivity contribution in [3.8, 4) is 0 Å². The van der Waals surface area contributed by atoms with Gasteiger partial charge in [-0.3, -0.25) is 0 Å². The van der Waals surface area contributed by atoms with Gasteiger partial charge < -0.3 is 15.6 Å². The highest BCUT2D eigenvalue weighted by Gasteiger charge is 2.38. The van der Waals surface area contributed by atoms with Gasteiger partial charge in [-0.15, -0.1) is 0 Å². The fourth-order valence-electron chi connectivity index (χ4n) is 4.04. The van der Waals surface area contributed by atoms with Gasteiger partial charge in [0.15, 0.2) is 0 Å². The molecular weight excluding hydrogens is 262 g/mol. The molecule has 0 bridgehead atoms. The molecule has 3 rings (SSSR count). The van der Waals surface area contributed by atoms with Crippen LogP contribution in [0.15, 0.2) is 24.3 Å². The van der Waals surface area contributed by atoms with Crippen molar-refractivity contribution in [3.63, 3.8) is 0 Å². The van der Waals surface area contributed by atoms with Crippen LogP contribution in [-0.4, -0.2) is 23.9 Å². The monoisotopic (exact) mass is 289 g/mol. The van der Waals surface area contributed by atoms with Crippen molar-refractivity contribution >= 4 is 0 Å². The molecule has 1 fully saturated rings. The lowest BCUT2D eigenvalue weighted by molar-refractivity contribution is 0.0250. The van der Waals surface area contributed by atoms with E-state index >= 15 is 0 Å². The van der Waals surface area contributed by atoms with E-state index in [0.29, 0.717) is 5.92 Å². The van der Waals surface area contributed by atoms with Crippen molar-refractivity contribution < 1.29 is 9.84 Å². The SMILES string of the molecule is NC1(CO)CCCC1CCOC1CCCc2ccccc21. The quantitative estimate of drug-likeness (QED) is 0.876. The summed E-state index contributed by atoms with van der Waals surface area (Å²) in [7, 11) is 0. The summed E-state index contributed by atoms with van der Waals surface area (Å²) in [5.74, 6) is 0.404. The second-order valence-corrected chi connectivity index (χ2v) is 6.72. The van der Waals surface area contributed by atoms with Gasteiger partial charge in [-0.1, -0.05) is 30.7 Å². The summed E-state index contributed by atoms with van der Waals surface area (Å²) >= 11 is 0. The predicted molar refractivity (Wildman–Crippen MR) is 84.0 cm³/mol. The van der Waals surface area contributed by atoms with E-state index in [1.165, 1.54) is 24.0 Å². The van der Waals surface area contributed by atoms with Crippen LogP contribution < -0.4 is 5.73 Å². The fraction of sp³-hybridized carbons (Fsp3) is 0.667. The summed E-state index contributed by atoms with van der Waals surface area (Å²) in [6.45, 7) is 0.854.